The van der Waals surface area contributed by atoms with Gasteiger partial charge in [0.2, 0.25) is 11.8 Å². The van der Waals surface area contributed by atoms with Gasteiger partial charge in [-0.25, -0.2) is 14.2 Å². The highest BCUT2D eigenvalue weighted by molar-refractivity contribution is 7.46. The largest absolute Gasteiger partial charge is 0.469 e. The third-order valence-corrected chi connectivity index (χ3v) is 9.30. The van der Waals surface area contributed by atoms with E-state index in [-0.39, 0.29) is 19.3 Å². The molecule has 5 atom stereocenters. The average molecular weight is 784 g/mol. The molecule has 0 aliphatic heterocycles. The topological polar surface area (TPSA) is 215 Å². The summed E-state index contributed by atoms with van der Waals surface area (Å²) >= 11 is 0. The minimum Gasteiger partial charge on any atom is -0.453 e. The fourth-order valence-electron chi connectivity index (χ4n) is 5.96. The molecule has 15 nitrogen and oxygen atoms in total. The quantitative estimate of drug-likeness (QED) is 0.107. The van der Waals surface area contributed by atoms with Gasteiger partial charge in [-0.2, -0.15) is 0 Å². The maximum Gasteiger partial charge on any atom is 0.469 e. The Balaban J connectivity index is 2.10. The molecule has 1 aromatic heterocycles. The molecule has 1 heterocycles. The van der Waals surface area contributed by atoms with Crippen molar-refractivity contribution in [1.82, 2.24) is 26.3 Å². The molecule has 0 aliphatic rings. The van der Waals surface area contributed by atoms with Crippen LogP contribution < -0.4 is 21.3 Å². The summed E-state index contributed by atoms with van der Waals surface area (Å²) in [6, 6.07) is 17.8. The molecule has 3 rings (SSSR count). The van der Waals surface area contributed by atoms with Crippen LogP contribution in [0.4, 0.5) is 9.59 Å². The minimum absolute atomic E-state index is 0.0558. The van der Waals surface area contributed by atoms with E-state index in [1.165, 1.54) is 14.2 Å². The van der Waals surface area contributed by atoms with Crippen LogP contribution in [0.2, 0.25) is 0 Å². The number of amides is 4. The van der Waals surface area contributed by atoms with Gasteiger partial charge in [0, 0.05) is 17.8 Å². The second-order valence-electron chi connectivity index (χ2n) is 15.4. The van der Waals surface area contributed by atoms with Gasteiger partial charge >= 0.3 is 20.0 Å². The van der Waals surface area contributed by atoms with E-state index in [1.54, 1.807) is 78.1 Å². The number of nitrogens with zero attached hydrogens (tertiary/aromatic N) is 1. The maximum absolute atomic E-state index is 14.0. The van der Waals surface area contributed by atoms with E-state index in [9.17, 15) is 33.5 Å². The first-order chi connectivity index (χ1) is 25.7. The lowest BCUT2D eigenvalue weighted by atomic mass is 9.85. The lowest BCUT2D eigenvalue weighted by Crippen LogP contribution is -2.59. The van der Waals surface area contributed by atoms with E-state index in [4.69, 9.17) is 14.0 Å². The van der Waals surface area contributed by atoms with Crippen molar-refractivity contribution in [3.63, 3.8) is 0 Å². The molecule has 6 N–H and O–H groups in total. The number of alkyl carbamates (subject to hydrolysis) is 2. The van der Waals surface area contributed by atoms with E-state index in [2.05, 4.69) is 26.3 Å². The first-order valence-corrected chi connectivity index (χ1v) is 19.3. The van der Waals surface area contributed by atoms with E-state index >= 15 is 0 Å². The maximum atomic E-state index is 14.0. The van der Waals surface area contributed by atoms with Crippen molar-refractivity contribution in [3.8, 4) is 11.3 Å². The second-order valence-corrected chi connectivity index (χ2v) is 16.6. The number of phosphoric acid groups is 1. The van der Waals surface area contributed by atoms with Crippen LogP contribution in [0, 0.1) is 10.8 Å². The Hall–Kier alpha value is -4.82. The van der Waals surface area contributed by atoms with Crippen LogP contribution in [0.3, 0.4) is 0 Å². The molecular formula is C39H54N5O10P. The van der Waals surface area contributed by atoms with Crippen LogP contribution in [0.5, 0.6) is 0 Å². The molecule has 0 saturated carbocycles. The number of hydrogen-bond acceptors (Lipinski definition) is 9. The Morgan fingerprint density at radius 2 is 1.20 bits per heavy atom. The van der Waals surface area contributed by atoms with Crippen LogP contribution >= 0.6 is 7.82 Å². The summed E-state index contributed by atoms with van der Waals surface area (Å²) in [5.41, 5.74) is 1.47. The van der Waals surface area contributed by atoms with Crippen LogP contribution in [0.15, 0.2) is 79.0 Å². The lowest BCUT2D eigenvalue weighted by molar-refractivity contribution is -0.128. The number of pyridine rings is 1. The molecule has 16 heteroatoms. The molecule has 0 unspecified atom stereocenters. The van der Waals surface area contributed by atoms with Crippen molar-refractivity contribution in [2.24, 2.45) is 10.8 Å². The molecule has 2 aromatic carbocycles. The molecule has 0 fully saturated rings. The third-order valence-electron chi connectivity index (χ3n) is 8.76. The first kappa shape index (κ1) is 44.6. The lowest BCUT2D eigenvalue weighted by Gasteiger charge is -2.36. The number of nitrogens with one attached hydrogen (secondary N) is 4. The van der Waals surface area contributed by atoms with Crippen LogP contribution in [0.1, 0.15) is 59.1 Å². The zero-order chi connectivity index (χ0) is 41.0. The predicted molar refractivity (Wildman–Crippen MR) is 206 cm³/mol. The van der Waals surface area contributed by atoms with E-state index < -0.39 is 72.9 Å². The van der Waals surface area contributed by atoms with Gasteiger partial charge in [0.25, 0.3) is 0 Å². The van der Waals surface area contributed by atoms with Gasteiger partial charge in [-0.3, -0.25) is 19.1 Å². The third kappa shape index (κ3) is 14.7. The van der Waals surface area contributed by atoms with Gasteiger partial charge in [-0.15, -0.1) is 0 Å². The van der Waals surface area contributed by atoms with Gasteiger partial charge in [-0.05, 0) is 53.4 Å². The Bertz CT molecular complexity index is 1760. The zero-order valence-electron chi connectivity index (χ0n) is 32.6. The van der Waals surface area contributed by atoms with Gasteiger partial charge < -0.3 is 40.5 Å². The average Bonchev–Trinajstić information content (AvgIpc) is 3.11. The summed E-state index contributed by atoms with van der Waals surface area (Å²) in [7, 11) is -2.88. The van der Waals surface area contributed by atoms with Crippen molar-refractivity contribution in [3.05, 3.63) is 90.1 Å². The molecule has 300 valence electrons. The number of ether oxygens (including phenoxy) is 2. The Kier molecular flexibility index (Phi) is 15.9. The molecule has 0 saturated heterocycles. The number of rotatable bonds is 16. The SMILES string of the molecule is COC(=O)N[C@H](C(=O)N[C@@H](Cc1ccc(-c2ccccn2)cc1)C[C@H](OP(=O)(O)O)[C@H](Cc1ccccc1)NC(=O)[C@@H](NC(=O)OC)C(C)(C)C)C(C)(C)C. The van der Waals surface area contributed by atoms with Crippen LogP contribution in [-0.2, 0) is 41.0 Å². The molecule has 0 radical (unpaired) electrons. The van der Waals surface area contributed by atoms with E-state index in [0.29, 0.717) is 5.56 Å². The van der Waals surface area contributed by atoms with Crippen LogP contribution in [0.25, 0.3) is 11.3 Å². The fraction of sp³-hybridized carbons (Fsp3) is 0.462. The summed E-state index contributed by atoms with van der Waals surface area (Å²) in [5, 5.41) is 11.0. The van der Waals surface area contributed by atoms with Crippen molar-refractivity contribution in [1.29, 1.82) is 0 Å². The standard InChI is InChI=1S/C39H54N5O10P/c1-38(2,3)32(43-36(47)52-7)34(45)41-28(22-26-17-19-27(20-18-26)29-16-12-13-21-40-29)24-31(54-55(49,50)51)30(23-25-14-10-9-11-15-25)42-35(46)33(39(4,5)6)44-37(48)53-8/h9-21,28,30-33H,22-24H2,1-8H3,(H,41,45)(H,42,46)(H,43,47)(H,44,48)(H2,49,50,51)/t28-,30-,31-,32+,33+/m0/s1. The summed E-state index contributed by atoms with van der Waals surface area (Å²) < 4.78 is 27.6. The summed E-state index contributed by atoms with van der Waals surface area (Å²) in [6.45, 7) is 10.5. The van der Waals surface area contributed by atoms with Crippen molar-refractivity contribution in [2.45, 2.75) is 91.1 Å². The Morgan fingerprint density at radius 1 is 0.691 bits per heavy atom. The highest BCUT2D eigenvalue weighted by Crippen LogP contribution is 2.40. The first-order valence-electron chi connectivity index (χ1n) is 17.8. The second kappa shape index (κ2) is 19.7. The van der Waals surface area contributed by atoms with E-state index in [0.717, 1.165) is 16.8 Å². The smallest absolute Gasteiger partial charge is 0.453 e. The van der Waals surface area contributed by atoms with Gasteiger partial charge in [-0.1, -0.05) is 102 Å². The number of carbonyl (C=O) groups is 4. The molecular weight excluding hydrogens is 729 g/mol. The summed E-state index contributed by atoms with van der Waals surface area (Å²) in [4.78, 5) is 77.4. The normalized spacial score (nSPS) is 14.7. The van der Waals surface area contributed by atoms with Crippen molar-refractivity contribution in [2.75, 3.05) is 14.2 Å². The minimum atomic E-state index is -5.22. The molecule has 0 bridgehead atoms. The van der Waals surface area contributed by atoms with Crippen LogP contribution in [-0.4, -0.2) is 83.3 Å². The highest BCUT2D eigenvalue weighted by atomic mass is 31.2. The van der Waals surface area contributed by atoms with Gasteiger partial charge in [0.05, 0.1) is 32.1 Å². The number of methoxy groups -OCH3 is 2. The molecule has 4 amide bonds. The predicted octanol–water partition coefficient (Wildman–Crippen LogP) is 4.91. The summed E-state index contributed by atoms with van der Waals surface area (Å²) in [6.07, 6.45) is -1.38. The molecule has 0 aliphatic carbocycles. The number of benzene rings is 2. The fourth-order valence-corrected chi connectivity index (χ4v) is 6.54. The molecule has 3 aromatic rings. The Labute approximate surface area is 322 Å². The van der Waals surface area contributed by atoms with Gasteiger partial charge in [0.15, 0.2) is 0 Å². The monoisotopic (exact) mass is 783 g/mol. The van der Waals surface area contributed by atoms with Crippen molar-refractivity contribution >= 4 is 31.8 Å². The van der Waals surface area contributed by atoms with Crippen molar-refractivity contribution < 1.29 is 47.5 Å². The number of carbonyl (C=O) groups excluding carboxylic acids is 4. The number of phosphoric ester groups is 1. The van der Waals surface area contributed by atoms with Gasteiger partial charge in [0.1, 0.15) is 12.1 Å². The number of aromatic nitrogens is 1. The van der Waals surface area contributed by atoms with E-state index in [1.807, 2.05) is 42.5 Å². The molecule has 0 spiro atoms. The zero-order valence-corrected chi connectivity index (χ0v) is 33.5. The number of hydrogen-bond donors (Lipinski definition) is 6. The summed E-state index contributed by atoms with van der Waals surface area (Å²) in [5.74, 6) is -1.24. The Morgan fingerprint density at radius 3 is 1.67 bits per heavy atom. The molecule has 55 heavy (non-hydrogen) atoms. The highest BCUT2D eigenvalue weighted by Gasteiger charge is 2.40.